The van der Waals surface area contributed by atoms with Gasteiger partial charge in [-0.05, 0) is 0 Å². The van der Waals surface area contributed by atoms with Crippen LogP contribution in [0.4, 0.5) is 0 Å². The predicted molar refractivity (Wildman–Crippen MR) is 36.7 cm³/mol. The van der Waals surface area contributed by atoms with Crippen LogP contribution in [0.25, 0.3) is 0 Å². The molecule has 0 aromatic heterocycles. The van der Waals surface area contributed by atoms with Gasteiger partial charge >= 0.3 is 5.97 Å². The largest absolute Gasteiger partial charge is 0.480 e. The second kappa shape index (κ2) is 2.83. The molecule has 0 fully saturated rings. The number of nitrogens with zero attached hydrogens (tertiary/aromatic N) is 1. The molecule has 6 heteroatoms. The molecule has 0 radical (unpaired) electrons. The Hall–Kier alpha value is -1.17. The quantitative estimate of drug-likeness (QED) is 0.428. The molecule has 0 spiro atoms. The lowest BCUT2D eigenvalue weighted by Crippen LogP contribution is -2.53. The van der Waals surface area contributed by atoms with Gasteiger partial charge in [0.25, 0.3) is 0 Å². The summed E-state index contributed by atoms with van der Waals surface area (Å²) in [6.07, 6.45) is 0. The molecule has 0 heterocycles. The van der Waals surface area contributed by atoms with Crippen LogP contribution >= 0.6 is 0 Å². The van der Waals surface area contributed by atoms with Crippen molar-refractivity contribution < 1.29 is 14.8 Å². The highest BCUT2D eigenvalue weighted by atomic mass is 16.6. The Morgan fingerprint density at radius 3 is 2.18 bits per heavy atom. The van der Waals surface area contributed by atoms with E-state index in [1.54, 1.807) is 0 Å². The molecular weight excluding hydrogens is 152 g/mol. The Morgan fingerprint density at radius 2 is 2.09 bits per heavy atom. The van der Waals surface area contributed by atoms with Crippen molar-refractivity contribution >= 4 is 5.97 Å². The number of nitrogens with two attached hydrogens (primary N) is 1. The van der Waals surface area contributed by atoms with Crippen molar-refractivity contribution in [3.63, 3.8) is 0 Å². The van der Waals surface area contributed by atoms with Gasteiger partial charge in [0.2, 0.25) is 5.54 Å². The van der Waals surface area contributed by atoms with Gasteiger partial charge in [-0.25, -0.2) is 0 Å². The molecular formula is C5H10N2O4. The van der Waals surface area contributed by atoms with Crippen LogP contribution in [0, 0.1) is 10.1 Å². The molecule has 0 bridgehead atoms. The summed E-state index contributed by atoms with van der Waals surface area (Å²) in [5.74, 6) is -1.37. The third kappa shape index (κ3) is 1.87. The molecule has 0 aliphatic heterocycles. The smallest absolute Gasteiger partial charge is 0.327 e. The van der Waals surface area contributed by atoms with E-state index in [0.717, 1.165) is 0 Å². The van der Waals surface area contributed by atoms with Crippen LogP contribution < -0.4 is 5.73 Å². The highest BCUT2D eigenvalue weighted by Crippen LogP contribution is 2.11. The average Bonchev–Trinajstić information content (AvgIpc) is 1.85. The SMILES string of the molecule is CC(C)(C(N)C(=O)O)[N+](=O)[O-]. The topological polar surface area (TPSA) is 106 Å². The summed E-state index contributed by atoms with van der Waals surface area (Å²) in [5, 5.41) is 18.6. The summed E-state index contributed by atoms with van der Waals surface area (Å²) in [4.78, 5) is 19.7. The first kappa shape index (κ1) is 9.83. The first-order valence-corrected chi connectivity index (χ1v) is 2.93. The lowest BCUT2D eigenvalue weighted by atomic mass is 9.97. The molecule has 0 aromatic rings. The number of carboxylic acids is 1. The van der Waals surface area contributed by atoms with Crippen LogP contribution in [0.3, 0.4) is 0 Å². The summed E-state index contributed by atoms with van der Waals surface area (Å²) in [7, 11) is 0. The van der Waals surface area contributed by atoms with E-state index >= 15 is 0 Å². The zero-order chi connectivity index (χ0) is 9.23. The number of nitro groups is 1. The molecule has 0 aliphatic rings. The fourth-order valence-corrected chi connectivity index (χ4v) is 0.416. The minimum atomic E-state index is -1.62. The highest BCUT2D eigenvalue weighted by molar-refractivity contribution is 5.74. The molecule has 0 amide bonds. The van der Waals surface area contributed by atoms with Crippen LogP contribution in [-0.2, 0) is 4.79 Å². The Labute approximate surface area is 63.1 Å². The van der Waals surface area contributed by atoms with Gasteiger partial charge in [-0.2, -0.15) is 0 Å². The van der Waals surface area contributed by atoms with Gasteiger partial charge in [0.15, 0.2) is 6.04 Å². The van der Waals surface area contributed by atoms with Crippen LogP contribution in [0.2, 0.25) is 0 Å². The third-order valence-corrected chi connectivity index (χ3v) is 1.50. The van der Waals surface area contributed by atoms with Crippen LogP contribution in [-0.4, -0.2) is 27.6 Å². The first-order chi connectivity index (χ1) is 4.80. The van der Waals surface area contributed by atoms with Gasteiger partial charge in [0.05, 0.1) is 0 Å². The van der Waals surface area contributed by atoms with Gasteiger partial charge in [-0.15, -0.1) is 0 Å². The molecule has 1 unspecified atom stereocenters. The second-order valence-electron chi connectivity index (χ2n) is 2.73. The van der Waals surface area contributed by atoms with Crippen molar-refractivity contribution in [2.45, 2.75) is 25.4 Å². The van der Waals surface area contributed by atoms with E-state index in [1.807, 2.05) is 0 Å². The molecule has 0 aromatic carbocycles. The van der Waals surface area contributed by atoms with Crippen molar-refractivity contribution in [3.05, 3.63) is 10.1 Å². The summed E-state index contributed by atoms with van der Waals surface area (Å²) < 4.78 is 0. The molecule has 1 atom stereocenters. The van der Waals surface area contributed by atoms with Crippen LogP contribution in [0.15, 0.2) is 0 Å². The zero-order valence-corrected chi connectivity index (χ0v) is 6.27. The van der Waals surface area contributed by atoms with Crippen molar-refractivity contribution in [3.8, 4) is 0 Å². The lowest BCUT2D eigenvalue weighted by molar-refractivity contribution is -0.561. The number of rotatable bonds is 3. The van der Waals surface area contributed by atoms with Crippen molar-refractivity contribution in [2.24, 2.45) is 5.73 Å². The maximum Gasteiger partial charge on any atom is 0.327 e. The first-order valence-electron chi connectivity index (χ1n) is 2.93. The summed E-state index contributed by atoms with van der Waals surface area (Å²) in [6.45, 7) is 2.34. The molecule has 0 saturated carbocycles. The standard InChI is InChI=1S/C5H10N2O4/c1-5(2,7(10)11)3(6)4(8)9/h3H,6H2,1-2H3,(H,8,9). The number of carboxylic acid groups (broad SMARTS) is 1. The summed E-state index contributed by atoms with van der Waals surface area (Å²) >= 11 is 0. The maximum absolute atomic E-state index is 10.2. The highest BCUT2D eigenvalue weighted by Gasteiger charge is 2.43. The van der Waals surface area contributed by atoms with E-state index in [-0.39, 0.29) is 0 Å². The van der Waals surface area contributed by atoms with Gasteiger partial charge in [0, 0.05) is 18.8 Å². The third-order valence-electron chi connectivity index (χ3n) is 1.50. The van der Waals surface area contributed by atoms with E-state index < -0.39 is 22.5 Å². The number of carbonyl (C=O) groups is 1. The Morgan fingerprint density at radius 1 is 1.73 bits per heavy atom. The predicted octanol–water partition coefficient (Wildman–Crippen LogP) is -0.546. The fraction of sp³-hybridized carbons (Fsp3) is 0.800. The molecule has 0 saturated heterocycles. The molecule has 11 heavy (non-hydrogen) atoms. The van der Waals surface area contributed by atoms with Crippen molar-refractivity contribution in [2.75, 3.05) is 0 Å². The zero-order valence-electron chi connectivity index (χ0n) is 6.27. The number of aliphatic carboxylic acids is 1. The average molecular weight is 162 g/mol. The van der Waals surface area contributed by atoms with E-state index in [9.17, 15) is 14.9 Å². The van der Waals surface area contributed by atoms with Crippen molar-refractivity contribution in [1.82, 2.24) is 0 Å². The van der Waals surface area contributed by atoms with Crippen LogP contribution in [0.5, 0.6) is 0 Å². The minimum Gasteiger partial charge on any atom is -0.480 e. The Bertz CT molecular complexity index is 189. The van der Waals surface area contributed by atoms with Gasteiger partial charge < -0.3 is 10.8 Å². The Balaban J connectivity index is 4.55. The lowest BCUT2D eigenvalue weighted by Gasteiger charge is -2.18. The van der Waals surface area contributed by atoms with Gasteiger partial charge in [-0.1, -0.05) is 0 Å². The maximum atomic E-state index is 10.2. The summed E-state index contributed by atoms with van der Waals surface area (Å²) in [6, 6.07) is -1.47. The van der Waals surface area contributed by atoms with Crippen molar-refractivity contribution in [1.29, 1.82) is 0 Å². The number of hydrogen-bond donors (Lipinski definition) is 2. The molecule has 0 aliphatic carbocycles. The van der Waals surface area contributed by atoms with Crippen LogP contribution in [0.1, 0.15) is 13.8 Å². The van der Waals surface area contributed by atoms with E-state index in [1.165, 1.54) is 13.8 Å². The fourth-order valence-electron chi connectivity index (χ4n) is 0.416. The van der Waals surface area contributed by atoms with E-state index in [2.05, 4.69) is 0 Å². The monoisotopic (exact) mass is 162 g/mol. The normalized spacial score (nSPS) is 14.1. The summed E-state index contributed by atoms with van der Waals surface area (Å²) in [5.41, 5.74) is 3.43. The van der Waals surface area contributed by atoms with Gasteiger partial charge in [-0.3, -0.25) is 14.9 Å². The molecule has 0 rings (SSSR count). The Kier molecular flexibility index (Phi) is 2.53. The minimum absolute atomic E-state index is 0.703. The van der Waals surface area contributed by atoms with E-state index in [0.29, 0.717) is 0 Å². The number of hydrogen-bond acceptors (Lipinski definition) is 4. The van der Waals surface area contributed by atoms with E-state index in [4.69, 9.17) is 10.8 Å². The molecule has 64 valence electrons. The second-order valence-corrected chi connectivity index (χ2v) is 2.73. The molecule has 3 N–H and O–H groups in total. The van der Waals surface area contributed by atoms with Gasteiger partial charge in [0.1, 0.15) is 0 Å². The molecule has 6 nitrogen and oxygen atoms in total.